The molecule has 4 nitrogen and oxygen atoms in total. The summed E-state index contributed by atoms with van der Waals surface area (Å²) in [4.78, 5) is 15.0. The van der Waals surface area contributed by atoms with Gasteiger partial charge in [0.05, 0.1) is 10.7 Å². The van der Waals surface area contributed by atoms with Crippen LogP contribution in [0.3, 0.4) is 0 Å². The van der Waals surface area contributed by atoms with E-state index in [1.54, 1.807) is 48.7 Å². The molecule has 2 aromatic carbocycles. The van der Waals surface area contributed by atoms with Crippen molar-refractivity contribution in [1.29, 1.82) is 0 Å². The molecule has 0 spiro atoms. The van der Waals surface area contributed by atoms with E-state index in [1.165, 1.54) is 6.92 Å². The number of carboxylic acids is 1. The standard InChI is InChI=1S/C16H13Cl2NO3/c1-10(16(20)21)22-13-5-2-11(3-6-13)9-19-15-7-4-12(17)8-14(15)18/h2-10H,1H3,(H,20,21). The highest BCUT2D eigenvalue weighted by Gasteiger charge is 2.11. The molecule has 1 atom stereocenters. The van der Waals surface area contributed by atoms with Gasteiger partial charge in [0.15, 0.2) is 6.10 Å². The molecule has 0 fully saturated rings. The van der Waals surface area contributed by atoms with Crippen LogP contribution in [0, 0.1) is 0 Å². The Hall–Kier alpha value is -2.04. The van der Waals surface area contributed by atoms with Crippen LogP contribution in [0.5, 0.6) is 5.75 Å². The predicted octanol–water partition coefficient (Wildman–Crippen LogP) is 4.60. The summed E-state index contributed by atoms with van der Waals surface area (Å²) in [5, 5.41) is 9.81. The van der Waals surface area contributed by atoms with Crippen LogP contribution < -0.4 is 4.74 Å². The minimum atomic E-state index is -1.01. The lowest BCUT2D eigenvalue weighted by Gasteiger charge is -2.09. The Morgan fingerprint density at radius 2 is 1.91 bits per heavy atom. The summed E-state index contributed by atoms with van der Waals surface area (Å²) in [6.45, 7) is 1.47. The highest BCUT2D eigenvalue weighted by atomic mass is 35.5. The van der Waals surface area contributed by atoms with Crippen molar-refractivity contribution in [2.24, 2.45) is 4.99 Å². The number of nitrogens with zero attached hydrogens (tertiary/aromatic N) is 1. The zero-order valence-corrected chi connectivity index (χ0v) is 13.2. The molecular formula is C16H13Cl2NO3. The first-order valence-corrected chi connectivity index (χ1v) is 7.20. The molecule has 1 N–H and O–H groups in total. The van der Waals surface area contributed by atoms with Crippen molar-refractivity contribution < 1.29 is 14.6 Å². The number of carboxylic acid groups (broad SMARTS) is 1. The molecule has 0 saturated heterocycles. The summed E-state index contributed by atoms with van der Waals surface area (Å²) in [6.07, 6.45) is 0.756. The molecule has 0 bridgehead atoms. The van der Waals surface area contributed by atoms with E-state index in [4.69, 9.17) is 33.0 Å². The van der Waals surface area contributed by atoms with Crippen molar-refractivity contribution in [3.63, 3.8) is 0 Å². The van der Waals surface area contributed by atoms with E-state index in [9.17, 15) is 4.79 Å². The van der Waals surface area contributed by atoms with Gasteiger partial charge in [0, 0.05) is 11.2 Å². The third-order valence-corrected chi connectivity index (χ3v) is 3.34. The lowest BCUT2D eigenvalue weighted by molar-refractivity contribution is -0.144. The largest absolute Gasteiger partial charge is 0.479 e. The van der Waals surface area contributed by atoms with Gasteiger partial charge in [0.2, 0.25) is 0 Å². The highest BCUT2D eigenvalue weighted by molar-refractivity contribution is 6.36. The molecule has 0 aliphatic carbocycles. The summed E-state index contributed by atoms with van der Waals surface area (Å²) in [5.74, 6) is -0.528. The molecule has 0 aliphatic heterocycles. The fourth-order valence-corrected chi connectivity index (χ4v) is 2.07. The van der Waals surface area contributed by atoms with Crippen molar-refractivity contribution in [2.75, 3.05) is 0 Å². The lowest BCUT2D eigenvalue weighted by Crippen LogP contribution is -2.22. The van der Waals surface area contributed by atoms with Crippen LogP contribution in [0.4, 0.5) is 5.69 Å². The van der Waals surface area contributed by atoms with Crippen molar-refractivity contribution in [3.8, 4) is 5.75 Å². The van der Waals surface area contributed by atoms with Crippen molar-refractivity contribution >= 4 is 41.1 Å². The van der Waals surface area contributed by atoms with Gasteiger partial charge in [-0.15, -0.1) is 0 Å². The Balaban J connectivity index is 2.07. The van der Waals surface area contributed by atoms with Gasteiger partial charge in [0.1, 0.15) is 5.75 Å². The Kier molecular flexibility index (Phi) is 5.41. The summed E-state index contributed by atoms with van der Waals surface area (Å²) < 4.78 is 5.25. The van der Waals surface area contributed by atoms with Gasteiger partial charge in [-0.3, -0.25) is 4.99 Å². The minimum absolute atomic E-state index is 0.471. The van der Waals surface area contributed by atoms with Crippen LogP contribution in [0.15, 0.2) is 47.5 Å². The van der Waals surface area contributed by atoms with Crippen molar-refractivity contribution in [1.82, 2.24) is 0 Å². The molecule has 22 heavy (non-hydrogen) atoms. The average Bonchev–Trinajstić information content (AvgIpc) is 2.47. The zero-order chi connectivity index (χ0) is 16.1. The van der Waals surface area contributed by atoms with Crippen LogP contribution in [-0.2, 0) is 4.79 Å². The van der Waals surface area contributed by atoms with Crippen LogP contribution in [-0.4, -0.2) is 23.4 Å². The van der Waals surface area contributed by atoms with Gasteiger partial charge in [-0.2, -0.15) is 0 Å². The van der Waals surface area contributed by atoms with E-state index in [0.717, 1.165) is 5.56 Å². The second-order valence-corrected chi connectivity index (χ2v) is 5.36. The molecule has 0 saturated carbocycles. The van der Waals surface area contributed by atoms with E-state index in [1.807, 2.05) is 0 Å². The van der Waals surface area contributed by atoms with Crippen molar-refractivity contribution in [3.05, 3.63) is 58.1 Å². The number of carbonyl (C=O) groups is 1. The van der Waals surface area contributed by atoms with E-state index in [2.05, 4.69) is 4.99 Å². The molecule has 0 aliphatic rings. The zero-order valence-electron chi connectivity index (χ0n) is 11.7. The molecule has 0 aromatic heterocycles. The first-order valence-electron chi connectivity index (χ1n) is 6.44. The topological polar surface area (TPSA) is 58.9 Å². The maximum atomic E-state index is 10.7. The number of rotatable bonds is 5. The quantitative estimate of drug-likeness (QED) is 0.811. The number of ether oxygens (including phenoxy) is 1. The Labute approximate surface area is 138 Å². The van der Waals surface area contributed by atoms with Gasteiger partial charge < -0.3 is 9.84 Å². The minimum Gasteiger partial charge on any atom is -0.479 e. The summed E-state index contributed by atoms with van der Waals surface area (Å²) >= 11 is 11.9. The van der Waals surface area contributed by atoms with E-state index < -0.39 is 12.1 Å². The van der Waals surface area contributed by atoms with Gasteiger partial charge in [-0.05, 0) is 55.0 Å². The number of hydrogen-bond acceptors (Lipinski definition) is 3. The second kappa shape index (κ2) is 7.29. The molecule has 0 heterocycles. The molecule has 6 heteroatoms. The van der Waals surface area contributed by atoms with E-state index in [0.29, 0.717) is 21.5 Å². The fourth-order valence-electron chi connectivity index (χ4n) is 1.62. The monoisotopic (exact) mass is 337 g/mol. The summed E-state index contributed by atoms with van der Waals surface area (Å²) in [7, 11) is 0. The van der Waals surface area contributed by atoms with Crippen LogP contribution >= 0.6 is 23.2 Å². The number of benzene rings is 2. The molecule has 2 aromatic rings. The predicted molar refractivity (Wildman–Crippen MR) is 87.9 cm³/mol. The maximum Gasteiger partial charge on any atom is 0.344 e. The number of halogens is 2. The lowest BCUT2D eigenvalue weighted by atomic mass is 10.2. The van der Waals surface area contributed by atoms with Crippen LogP contribution in [0.25, 0.3) is 0 Å². The molecule has 2 rings (SSSR count). The van der Waals surface area contributed by atoms with Gasteiger partial charge in [-0.1, -0.05) is 23.2 Å². The van der Waals surface area contributed by atoms with Gasteiger partial charge in [-0.25, -0.2) is 4.79 Å². The van der Waals surface area contributed by atoms with Crippen molar-refractivity contribution in [2.45, 2.75) is 13.0 Å². The third-order valence-electron chi connectivity index (χ3n) is 2.80. The van der Waals surface area contributed by atoms with Gasteiger partial charge >= 0.3 is 5.97 Å². The normalized spacial score (nSPS) is 12.3. The SMILES string of the molecule is CC(Oc1ccc(C=Nc2ccc(Cl)cc2Cl)cc1)C(=O)O. The number of hydrogen-bond donors (Lipinski definition) is 1. The number of aliphatic carboxylic acids is 1. The smallest absolute Gasteiger partial charge is 0.344 e. The first kappa shape index (κ1) is 16.3. The summed E-state index contributed by atoms with van der Waals surface area (Å²) in [5.41, 5.74) is 1.45. The fraction of sp³-hybridized carbons (Fsp3) is 0.125. The highest BCUT2D eigenvalue weighted by Crippen LogP contribution is 2.27. The second-order valence-electron chi connectivity index (χ2n) is 4.52. The Bertz CT molecular complexity index is 699. The van der Waals surface area contributed by atoms with Crippen LogP contribution in [0.2, 0.25) is 10.0 Å². The summed E-state index contributed by atoms with van der Waals surface area (Å²) in [6, 6.07) is 12.0. The van der Waals surface area contributed by atoms with E-state index in [-0.39, 0.29) is 0 Å². The van der Waals surface area contributed by atoms with Crippen LogP contribution in [0.1, 0.15) is 12.5 Å². The molecule has 0 amide bonds. The third kappa shape index (κ3) is 4.48. The molecular weight excluding hydrogens is 325 g/mol. The van der Waals surface area contributed by atoms with E-state index >= 15 is 0 Å². The molecule has 1 unspecified atom stereocenters. The molecule has 114 valence electrons. The molecule has 0 radical (unpaired) electrons. The average molecular weight is 338 g/mol. The Morgan fingerprint density at radius 3 is 2.50 bits per heavy atom. The number of aliphatic imine (C=N–C) groups is 1. The van der Waals surface area contributed by atoms with Gasteiger partial charge in [0.25, 0.3) is 0 Å². The first-order chi connectivity index (χ1) is 10.5. The maximum absolute atomic E-state index is 10.7. The Morgan fingerprint density at radius 1 is 1.23 bits per heavy atom.